The zero-order chi connectivity index (χ0) is 20.0. The van der Waals surface area contributed by atoms with E-state index in [1.165, 1.54) is 12.1 Å². The van der Waals surface area contributed by atoms with Crippen molar-refractivity contribution in [3.05, 3.63) is 51.6 Å². The summed E-state index contributed by atoms with van der Waals surface area (Å²) in [7, 11) is -3.97. The molecule has 1 N–H and O–H groups in total. The van der Waals surface area contributed by atoms with Crippen LogP contribution in [-0.4, -0.2) is 13.6 Å². The zero-order valence-electron chi connectivity index (χ0n) is 13.9. The molecule has 1 aromatic carbocycles. The van der Waals surface area contributed by atoms with E-state index in [-0.39, 0.29) is 15.5 Å². The highest BCUT2D eigenvalue weighted by molar-refractivity contribution is 7.93. The van der Waals surface area contributed by atoms with Crippen LogP contribution in [0.1, 0.15) is 16.2 Å². The van der Waals surface area contributed by atoms with E-state index < -0.39 is 22.0 Å². The Balaban J connectivity index is 1.96. The number of rotatable bonds is 4. The summed E-state index contributed by atoms with van der Waals surface area (Å²) in [4.78, 5) is 0.585. The molecule has 3 aromatic rings. The molecule has 5 nitrogen and oxygen atoms in total. The van der Waals surface area contributed by atoms with Crippen molar-refractivity contribution in [2.75, 3.05) is 4.72 Å². The molecule has 0 amide bonds. The highest BCUT2D eigenvalue weighted by Gasteiger charge is 2.36. The molecule has 0 aliphatic carbocycles. The van der Waals surface area contributed by atoms with Crippen LogP contribution in [-0.2, 0) is 16.2 Å². The number of thiophene rings is 1. The fraction of sp³-hybridized carbons (Fsp3) is 0.188. The molecule has 0 saturated heterocycles. The first-order valence-corrected chi connectivity index (χ1v) is 10.1. The van der Waals surface area contributed by atoms with Gasteiger partial charge in [-0.25, -0.2) is 8.42 Å². The minimum atomic E-state index is -4.67. The van der Waals surface area contributed by atoms with Crippen molar-refractivity contribution in [1.29, 1.82) is 0 Å². The van der Waals surface area contributed by atoms with Crippen LogP contribution in [0.25, 0.3) is 10.6 Å². The van der Waals surface area contributed by atoms with Crippen molar-refractivity contribution >= 4 is 38.6 Å². The van der Waals surface area contributed by atoms with Gasteiger partial charge in [0.1, 0.15) is 10.6 Å². The van der Waals surface area contributed by atoms with E-state index in [0.717, 1.165) is 17.4 Å². The average Bonchev–Trinajstić information content (AvgIpc) is 3.17. The maximum absolute atomic E-state index is 12.7. The number of nitrogens with one attached hydrogen (secondary N) is 1. The van der Waals surface area contributed by atoms with Crippen molar-refractivity contribution < 1.29 is 26.1 Å². The van der Waals surface area contributed by atoms with Crippen LogP contribution in [0.2, 0.25) is 5.02 Å². The summed E-state index contributed by atoms with van der Waals surface area (Å²) < 4.78 is 70.2. The Bertz CT molecular complexity index is 1100. The summed E-state index contributed by atoms with van der Waals surface area (Å²) in [5.41, 5.74) is 0.897. The fourth-order valence-corrected chi connectivity index (χ4v) is 5.13. The topological polar surface area (TPSA) is 72.2 Å². The van der Waals surface area contributed by atoms with Gasteiger partial charge in [-0.15, -0.1) is 11.3 Å². The molecular formula is C16H12ClF3N2O3S2. The summed E-state index contributed by atoms with van der Waals surface area (Å²) in [6.45, 7) is 3.27. The molecule has 144 valence electrons. The Kier molecular flexibility index (Phi) is 5.00. The lowest BCUT2D eigenvalue weighted by molar-refractivity contribution is -0.155. The quantitative estimate of drug-likeness (QED) is 0.586. The molecule has 0 bridgehead atoms. The molecule has 2 heterocycles. The third-order valence-electron chi connectivity index (χ3n) is 3.65. The van der Waals surface area contributed by atoms with Gasteiger partial charge in [-0.2, -0.15) is 13.2 Å². The lowest BCUT2D eigenvalue weighted by Crippen LogP contribution is -2.13. The maximum Gasteiger partial charge on any atom is 0.452 e. The first-order chi connectivity index (χ1) is 12.5. The van der Waals surface area contributed by atoms with E-state index in [0.29, 0.717) is 21.2 Å². The number of nitrogens with zero attached hydrogens (tertiary/aromatic N) is 1. The standard InChI is InChI=1S/C16H12ClF3N2O3S2/c1-8-3-4-10(17)5-11(8)22-27(23,24)14-7-13(26-9(14)2)12-6-15(25-21-12)16(18,19)20/h3-7,22H,1-2H3. The summed E-state index contributed by atoms with van der Waals surface area (Å²) in [6.07, 6.45) is -4.67. The molecule has 3 rings (SSSR count). The molecule has 0 spiro atoms. The number of hydrogen-bond acceptors (Lipinski definition) is 5. The lowest BCUT2D eigenvalue weighted by atomic mass is 10.2. The van der Waals surface area contributed by atoms with Crippen LogP contribution >= 0.6 is 22.9 Å². The normalized spacial score (nSPS) is 12.4. The van der Waals surface area contributed by atoms with Gasteiger partial charge in [0.25, 0.3) is 10.0 Å². The molecule has 0 unspecified atom stereocenters. The maximum atomic E-state index is 12.7. The minimum absolute atomic E-state index is 0.0570. The van der Waals surface area contributed by atoms with Crippen molar-refractivity contribution in [3.63, 3.8) is 0 Å². The summed E-state index contributed by atoms with van der Waals surface area (Å²) in [5.74, 6) is -1.25. The van der Waals surface area contributed by atoms with Gasteiger partial charge in [0.05, 0.1) is 10.6 Å². The molecule has 27 heavy (non-hydrogen) atoms. The van der Waals surface area contributed by atoms with E-state index in [2.05, 4.69) is 14.4 Å². The second kappa shape index (κ2) is 6.84. The smallest absolute Gasteiger partial charge is 0.351 e. The van der Waals surface area contributed by atoms with Gasteiger partial charge in [-0.3, -0.25) is 4.72 Å². The number of hydrogen-bond donors (Lipinski definition) is 1. The molecule has 0 saturated carbocycles. The van der Waals surface area contributed by atoms with Crippen molar-refractivity contribution in [2.45, 2.75) is 24.9 Å². The molecule has 0 aliphatic heterocycles. The van der Waals surface area contributed by atoms with E-state index in [9.17, 15) is 21.6 Å². The Labute approximate surface area is 161 Å². The number of anilines is 1. The second-order valence-electron chi connectivity index (χ2n) is 5.67. The van der Waals surface area contributed by atoms with Gasteiger partial charge >= 0.3 is 6.18 Å². The van der Waals surface area contributed by atoms with E-state index in [1.807, 2.05) is 0 Å². The number of sulfonamides is 1. The van der Waals surface area contributed by atoms with E-state index >= 15 is 0 Å². The van der Waals surface area contributed by atoms with Crippen LogP contribution in [0.15, 0.2) is 39.8 Å². The summed E-state index contributed by atoms with van der Waals surface area (Å²) in [5, 5.41) is 3.75. The Morgan fingerprint density at radius 2 is 1.89 bits per heavy atom. The number of aromatic nitrogens is 1. The minimum Gasteiger partial charge on any atom is -0.351 e. The third kappa shape index (κ3) is 4.12. The third-order valence-corrected chi connectivity index (χ3v) is 6.58. The fourth-order valence-electron chi connectivity index (χ4n) is 2.29. The highest BCUT2D eigenvalue weighted by Crippen LogP contribution is 2.37. The summed E-state index contributed by atoms with van der Waals surface area (Å²) >= 11 is 6.90. The molecule has 0 aliphatic rings. The second-order valence-corrected chi connectivity index (χ2v) is 9.01. The van der Waals surface area contributed by atoms with Gasteiger partial charge in [0.2, 0.25) is 5.76 Å². The molecule has 11 heteroatoms. The lowest BCUT2D eigenvalue weighted by Gasteiger charge is -2.10. The molecule has 2 aromatic heterocycles. The molecule has 0 radical (unpaired) electrons. The van der Waals surface area contributed by atoms with Gasteiger partial charge in [0, 0.05) is 16.0 Å². The highest BCUT2D eigenvalue weighted by atomic mass is 35.5. The number of alkyl halides is 3. The van der Waals surface area contributed by atoms with Crippen LogP contribution in [0.4, 0.5) is 18.9 Å². The zero-order valence-corrected chi connectivity index (χ0v) is 16.3. The van der Waals surface area contributed by atoms with Crippen molar-refractivity contribution in [3.8, 4) is 10.6 Å². The van der Waals surface area contributed by atoms with Crippen LogP contribution in [0, 0.1) is 13.8 Å². The Morgan fingerprint density at radius 1 is 1.19 bits per heavy atom. The Hall–Kier alpha value is -2.04. The molecule has 0 fully saturated rings. The van der Waals surface area contributed by atoms with E-state index in [1.54, 1.807) is 26.0 Å². The van der Waals surface area contributed by atoms with Crippen molar-refractivity contribution in [1.82, 2.24) is 5.16 Å². The molecular weight excluding hydrogens is 425 g/mol. The van der Waals surface area contributed by atoms with Crippen LogP contribution in [0.3, 0.4) is 0 Å². The largest absolute Gasteiger partial charge is 0.452 e. The van der Waals surface area contributed by atoms with E-state index in [4.69, 9.17) is 11.6 Å². The Morgan fingerprint density at radius 3 is 2.52 bits per heavy atom. The van der Waals surface area contributed by atoms with Gasteiger partial charge in [-0.1, -0.05) is 22.8 Å². The first-order valence-electron chi connectivity index (χ1n) is 7.41. The number of aryl methyl sites for hydroxylation is 2. The van der Waals surface area contributed by atoms with Gasteiger partial charge in [-0.05, 0) is 37.6 Å². The van der Waals surface area contributed by atoms with Crippen molar-refractivity contribution in [2.24, 2.45) is 0 Å². The summed E-state index contributed by atoms with van der Waals surface area (Å²) in [6, 6.07) is 6.77. The van der Waals surface area contributed by atoms with Gasteiger partial charge < -0.3 is 4.52 Å². The number of halogens is 4. The first kappa shape index (κ1) is 19.7. The molecule has 0 atom stereocenters. The predicted molar refractivity (Wildman–Crippen MR) is 96.6 cm³/mol. The van der Waals surface area contributed by atoms with Crippen LogP contribution in [0.5, 0.6) is 0 Å². The van der Waals surface area contributed by atoms with Gasteiger partial charge in [0.15, 0.2) is 0 Å². The van der Waals surface area contributed by atoms with Crippen LogP contribution < -0.4 is 4.72 Å². The monoisotopic (exact) mass is 436 g/mol. The SMILES string of the molecule is Cc1ccc(Cl)cc1NS(=O)(=O)c1cc(-c2cc(C(F)(F)F)on2)sc1C. The average molecular weight is 437 g/mol. The number of benzene rings is 1. The predicted octanol–water partition coefficient (Wildman–Crippen LogP) is 5.49.